The molecule has 0 aliphatic carbocycles. The van der Waals surface area contributed by atoms with Crippen LogP contribution in [-0.2, 0) is 4.79 Å². The maximum absolute atomic E-state index is 12.4. The van der Waals surface area contributed by atoms with Crippen LogP contribution in [0.3, 0.4) is 0 Å². The lowest BCUT2D eigenvalue weighted by Crippen LogP contribution is -2.22. The van der Waals surface area contributed by atoms with Gasteiger partial charge in [-0.15, -0.1) is 0 Å². The predicted molar refractivity (Wildman–Crippen MR) is 111 cm³/mol. The summed E-state index contributed by atoms with van der Waals surface area (Å²) in [5.74, 6) is -0.467. The van der Waals surface area contributed by atoms with Crippen LogP contribution in [0.5, 0.6) is 0 Å². The van der Waals surface area contributed by atoms with Gasteiger partial charge in [-0.3, -0.25) is 9.59 Å². The highest BCUT2D eigenvalue weighted by Crippen LogP contribution is 2.23. The van der Waals surface area contributed by atoms with E-state index in [4.69, 9.17) is 0 Å². The Bertz CT molecular complexity index is 1150. The molecule has 1 N–H and O–H groups in total. The van der Waals surface area contributed by atoms with Crippen LogP contribution in [0.1, 0.15) is 29.8 Å². The van der Waals surface area contributed by atoms with E-state index in [1.807, 2.05) is 32.0 Å². The van der Waals surface area contributed by atoms with E-state index >= 15 is 0 Å². The van der Waals surface area contributed by atoms with Gasteiger partial charge in [0.15, 0.2) is 11.4 Å². The molecule has 0 unspecified atom stereocenters. The topological polar surface area (TPSA) is 103 Å². The lowest BCUT2D eigenvalue weighted by atomic mass is 10.0. The number of aromatic nitrogens is 3. The molecule has 0 aliphatic rings. The van der Waals surface area contributed by atoms with Crippen molar-refractivity contribution in [1.82, 2.24) is 19.9 Å². The van der Waals surface area contributed by atoms with Crippen LogP contribution in [0.15, 0.2) is 42.2 Å². The number of amides is 1. The fourth-order valence-electron chi connectivity index (χ4n) is 2.83. The Kier molecular flexibility index (Phi) is 5.55. The standard InChI is InChI=1S/C22H21N5O2/c1-13(2)20(28)17-11-24-21-19(17)26-18(12-25-21)15-7-5-14(6-8-15)9-16(10-23)22(29)27(3)4/h5-9,11-13H,1-4H3,(H,24,25)/b16-9-. The van der Waals surface area contributed by atoms with Crippen molar-refractivity contribution in [3.05, 3.63) is 53.4 Å². The second-order valence-corrected chi connectivity index (χ2v) is 7.17. The first kappa shape index (κ1) is 20.0. The number of fused-ring (bicyclic) bond motifs is 1. The number of aromatic amines is 1. The molecule has 0 radical (unpaired) electrons. The predicted octanol–water partition coefficient (Wildman–Crippen LogP) is 3.46. The summed E-state index contributed by atoms with van der Waals surface area (Å²) in [4.78, 5) is 37.7. The number of carbonyl (C=O) groups is 2. The van der Waals surface area contributed by atoms with Gasteiger partial charge in [0.2, 0.25) is 0 Å². The van der Waals surface area contributed by atoms with E-state index in [1.54, 1.807) is 44.7 Å². The number of nitrogens with zero attached hydrogens (tertiary/aromatic N) is 4. The van der Waals surface area contributed by atoms with Crippen molar-refractivity contribution in [3.63, 3.8) is 0 Å². The molecule has 0 fully saturated rings. The maximum atomic E-state index is 12.4. The molecule has 0 bridgehead atoms. The summed E-state index contributed by atoms with van der Waals surface area (Å²) < 4.78 is 0. The van der Waals surface area contributed by atoms with Crippen LogP contribution in [0.4, 0.5) is 0 Å². The van der Waals surface area contributed by atoms with Crippen LogP contribution in [0.2, 0.25) is 0 Å². The van der Waals surface area contributed by atoms with Gasteiger partial charge in [-0.25, -0.2) is 9.97 Å². The first-order valence-electron chi connectivity index (χ1n) is 9.14. The van der Waals surface area contributed by atoms with Crippen molar-refractivity contribution < 1.29 is 9.59 Å². The molecule has 0 atom stereocenters. The number of nitriles is 1. The second kappa shape index (κ2) is 8.07. The van der Waals surface area contributed by atoms with Gasteiger partial charge in [-0.2, -0.15) is 5.26 Å². The number of benzene rings is 1. The van der Waals surface area contributed by atoms with Crippen molar-refractivity contribution in [1.29, 1.82) is 5.26 Å². The fraction of sp³-hybridized carbons (Fsp3) is 0.227. The van der Waals surface area contributed by atoms with Crippen LogP contribution in [0, 0.1) is 17.2 Å². The zero-order chi connectivity index (χ0) is 21.1. The zero-order valence-corrected chi connectivity index (χ0v) is 16.7. The minimum atomic E-state index is -0.345. The molecular weight excluding hydrogens is 366 g/mol. The smallest absolute Gasteiger partial charge is 0.264 e. The van der Waals surface area contributed by atoms with Crippen molar-refractivity contribution in [2.75, 3.05) is 14.1 Å². The van der Waals surface area contributed by atoms with Crippen molar-refractivity contribution >= 4 is 28.9 Å². The number of hydrogen-bond donors (Lipinski definition) is 1. The van der Waals surface area contributed by atoms with Gasteiger partial charge in [-0.05, 0) is 11.6 Å². The molecule has 1 amide bonds. The summed E-state index contributed by atoms with van der Waals surface area (Å²) >= 11 is 0. The maximum Gasteiger partial charge on any atom is 0.264 e. The number of H-pyrrole nitrogens is 1. The third-order valence-corrected chi connectivity index (χ3v) is 4.45. The number of likely N-dealkylation sites (N-methyl/N-ethyl adjacent to an activating group) is 1. The van der Waals surface area contributed by atoms with Crippen LogP contribution < -0.4 is 0 Å². The highest BCUT2D eigenvalue weighted by molar-refractivity contribution is 6.06. The molecular formula is C22H21N5O2. The van der Waals surface area contributed by atoms with Gasteiger partial charge in [-0.1, -0.05) is 38.1 Å². The molecule has 0 spiro atoms. The molecule has 1 aromatic carbocycles. The molecule has 2 heterocycles. The molecule has 3 aromatic rings. The zero-order valence-electron chi connectivity index (χ0n) is 16.7. The Balaban J connectivity index is 1.95. The molecule has 7 nitrogen and oxygen atoms in total. The lowest BCUT2D eigenvalue weighted by molar-refractivity contribution is -0.124. The summed E-state index contributed by atoms with van der Waals surface area (Å²) in [6.45, 7) is 3.70. The quantitative estimate of drug-likeness (QED) is 0.410. The van der Waals surface area contributed by atoms with Crippen molar-refractivity contribution in [3.8, 4) is 17.3 Å². The van der Waals surface area contributed by atoms with E-state index in [-0.39, 0.29) is 23.2 Å². The van der Waals surface area contributed by atoms with Crippen molar-refractivity contribution in [2.24, 2.45) is 5.92 Å². The molecule has 29 heavy (non-hydrogen) atoms. The first-order valence-corrected chi connectivity index (χ1v) is 9.14. The molecule has 0 aliphatic heterocycles. The average Bonchev–Trinajstić information content (AvgIpc) is 3.14. The molecule has 0 saturated carbocycles. The fourth-order valence-corrected chi connectivity index (χ4v) is 2.83. The highest BCUT2D eigenvalue weighted by Gasteiger charge is 2.18. The minimum absolute atomic E-state index is 0.0118. The lowest BCUT2D eigenvalue weighted by Gasteiger charge is -2.08. The van der Waals surface area contributed by atoms with E-state index in [1.165, 1.54) is 4.90 Å². The molecule has 146 valence electrons. The molecule has 7 heteroatoms. The third kappa shape index (κ3) is 4.06. The van der Waals surface area contributed by atoms with Gasteiger partial charge in [0, 0.05) is 31.8 Å². The monoisotopic (exact) mass is 387 g/mol. The van der Waals surface area contributed by atoms with E-state index < -0.39 is 0 Å². The summed E-state index contributed by atoms with van der Waals surface area (Å²) in [6.07, 6.45) is 4.84. The largest absolute Gasteiger partial charge is 0.344 e. The minimum Gasteiger partial charge on any atom is -0.344 e. The first-order chi connectivity index (χ1) is 13.8. The van der Waals surface area contributed by atoms with E-state index in [9.17, 15) is 14.9 Å². The Morgan fingerprint density at radius 1 is 1.21 bits per heavy atom. The Morgan fingerprint density at radius 2 is 1.90 bits per heavy atom. The molecule has 3 rings (SSSR count). The van der Waals surface area contributed by atoms with E-state index in [0.717, 1.165) is 11.1 Å². The Morgan fingerprint density at radius 3 is 2.48 bits per heavy atom. The SMILES string of the molecule is CC(C)C(=O)c1c[nH]c2ncc(-c3ccc(/C=C(/C#N)C(=O)N(C)C)cc3)nc12. The summed E-state index contributed by atoms with van der Waals surface area (Å²) in [7, 11) is 3.20. The molecule has 0 saturated heterocycles. The van der Waals surface area contributed by atoms with Crippen LogP contribution >= 0.6 is 0 Å². The van der Waals surface area contributed by atoms with Crippen molar-refractivity contribution in [2.45, 2.75) is 13.8 Å². The van der Waals surface area contributed by atoms with Gasteiger partial charge in [0.1, 0.15) is 17.2 Å². The summed E-state index contributed by atoms with van der Waals surface area (Å²) in [5, 5.41) is 9.21. The average molecular weight is 387 g/mol. The Hall–Kier alpha value is -3.79. The number of nitrogens with one attached hydrogen (secondary N) is 1. The van der Waals surface area contributed by atoms with Gasteiger partial charge in [0.05, 0.1) is 17.5 Å². The van der Waals surface area contributed by atoms with Gasteiger partial charge in [0.25, 0.3) is 5.91 Å². The Labute approximate surface area is 168 Å². The number of carbonyl (C=O) groups excluding carboxylic acids is 2. The number of ketones is 1. The number of Topliss-reactive ketones (excluding diaryl/α,β-unsaturated/α-hetero) is 1. The van der Waals surface area contributed by atoms with Gasteiger partial charge >= 0.3 is 0 Å². The summed E-state index contributed by atoms with van der Waals surface area (Å²) in [5.41, 5.74) is 3.89. The van der Waals surface area contributed by atoms with Crippen LogP contribution in [-0.4, -0.2) is 45.6 Å². The molecule has 2 aromatic heterocycles. The normalized spacial score (nSPS) is 11.5. The highest BCUT2D eigenvalue weighted by atomic mass is 16.2. The second-order valence-electron chi connectivity index (χ2n) is 7.17. The number of hydrogen-bond acceptors (Lipinski definition) is 5. The number of rotatable bonds is 5. The van der Waals surface area contributed by atoms with E-state index in [2.05, 4.69) is 15.0 Å². The van der Waals surface area contributed by atoms with Crippen LogP contribution in [0.25, 0.3) is 28.5 Å². The third-order valence-electron chi connectivity index (χ3n) is 4.45. The van der Waals surface area contributed by atoms with Gasteiger partial charge < -0.3 is 9.88 Å². The van der Waals surface area contributed by atoms with E-state index in [0.29, 0.717) is 22.4 Å². The summed E-state index contributed by atoms with van der Waals surface area (Å²) in [6, 6.07) is 9.22.